The molecule has 12 nitrogen and oxygen atoms in total. The summed E-state index contributed by atoms with van der Waals surface area (Å²) in [7, 11) is 0. The molecule has 0 aliphatic carbocycles. The van der Waals surface area contributed by atoms with Crippen molar-refractivity contribution in [2.45, 2.75) is 0 Å². The van der Waals surface area contributed by atoms with E-state index in [9.17, 15) is 30.6 Å². The molecule has 0 aliphatic heterocycles. The van der Waals surface area contributed by atoms with Crippen molar-refractivity contribution in [1.29, 1.82) is 0 Å². The van der Waals surface area contributed by atoms with Gasteiger partial charge in [-0.05, 0) is 36.4 Å². The van der Waals surface area contributed by atoms with E-state index in [0.717, 1.165) is 0 Å². The Morgan fingerprint density at radius 3 is 0.535 bits per heavy atom. The standard InChI is InChI=1S/3C10H8N2O2.Co/c3*13-7-1-3-11-9(5-7)10-6-8(14)2-4-12-10;/h3*1-6H,(H,11,13)(H,12,14);/q;;;+2. The minimum absolute atomic E-state index is 0. The molecule has 0 unspecified atom stereocenters. The number of pyridine rings is 6. The molecule has 0 spiro atoms. The second kappa shape index (κ2) is 15.3. The predicted molar refractivity (Wildman–Crippen MR) is 152 cm³/mol. The van der Waals surface area contributed by atoms with Gasteiger partial charge >= 0.3 is 16.8 Å². The summed E-state index contributed by atoms with van der Waals surface area (Å²) in [5, 5.41) is 55.3. The zero-order valence-corrected chi connectivity index (χ0v) is 23.1. The second-order valence-corrected chi connectivity index (χ2v) is 8.40. The SMILES string of the molecule is Oc1ccnc(-c2cc(O)ccn2)c1.Oc1ccnc(-c2cc(O)ccn2)c1.Oc1ccnc(-c2cc(O)ccn2)c1.[Co+2]. The summed E-state index contributed by atoms with van der Waals surface area (Å²) in [4.78, 5) is 24.1. The van der Waals surface area contributed by atoms with Crippen molar-refractivity contribution < 1.29 is 47.4 Å². The Morgan fingerprint density at radius 2 is 0.419 bits per heavy atom. The third-order valence-corrected chi connectivity index (χ3v) is 5.25. The summed E-state index contributed by atoms with van der Waals surface area (Å²) >= 11 is 0. The van der Waals surface area contributed by atoms with E-state index >= 15 is 0 Å². The van der Waals surface area contributed by atoms with E-state index in [0.29, 0.717) is 34.2 Å². The van der Waals surface area contributed by atoms with E-state index < -0.39 is 0 Å². The van der Waals surface area contributed by atoms with E-state index in [2.05, 4.69) is 29.9 Å². The Morgan fingerprint density at radius 1 is 0.279 bits per heavy atom. The fourth-order valence-electron chi connectivity index (χ4n) is 3.36. The molecule has 0 saturated carbocycles. The van der Waals surface area contributed by atoms with Gasteiger partial charge in [0.15, 0.2) is 0 Å². The van der Waals surface area contributed by atoms with Gasteiger partial charge in [0.1, 0.15) is 34.5 Å². The van der Waals surface area contributed by atoms with Crippen LogP contribution in [0.5, 0.6) is 34.5 Å². The summed E-state index contributed by atoms with van der Waals surface area (Å²) in [5.74, 6) is 0.751. The Bertz CT molecular complexity index is 1460. The summed E-state index contributed by atoms with van der Waals surface area (Å²) < 4.78 is 0. The van der Waals surface area contributed by atoms with Gasteiger partial charge in [-0.15, -0.1) is 0 Å². The van der Waals surface area contributed by atoms with Crippen molar-refractivity contribution in [3.05, 3.63) is 110 Å². The minimum atomic E-state index is 0. The first-order chi connectivity index (χ1) is 20.3. The number of rotatable bonds is 3. The smallest absolute Gasteiger partial charge is 0.508 e. The average molecular weight is 623 g/mol. The Labute approximate surface area is 255 Å². The Balaban J connectivity index is 0.000000175. The van der Waals surface area contributed by atoms with Gasteiger partial charge in [0.2, 0.25) is 0 Å². The van der Waals surface area contributed by atoms with Crippen LogP contribution in [0.1, 0.15) is 0 Å². The summed E-state index contributed by atoms with van der Waals surface area (Å²) in [6.07, 6.45) is 8.90. The van der Waals surface area contributed by atoms with Gasteiger partial charge in [-0.3, -0.25) is 29.9 Å². The predicted octanol–water partition coefficient (Wildman–Crippen LogP) is 4.66. The molecule has 0 aromatic carbocycles. The molecule has 6 aromatic rings. The number of aromatic nitrogens is 6. The zero-order valence-electron chi connectivity index (χ0n) is 22.1. The maximum Gasteiger partial charge on any atom is 2.00 e. The minimum Gasteiger partial charge on any atom is -0.508 e. The maximum absolute atomic E-state index is 9.21. The Kier molecular flexibility index (Phi) is 11.3. The van der Waals surface area contributed by atoms with Crippen LogP contribution in [0.15, 0.2) is 110 Å². The Hall–Kier alpha value is -5.79. The van der Waals surface area contributed by atoms with Crippen molar-refractivity contribution in [2.24, 2.45) is 0 Å². The molecule has 0 amide bonds. The molecule has 13 heteroatoms. The fourth-order valence-corrected chi connectivity index (χ4v) is 3.36. The largest absolute Gasteiger partial charge is 2.00 e. The monoisotopic (exact) mass is 623 g/mol. The number of hydrogen-bond donors (Lipinski definition) is 6. The molecule has 6 N–H and O–H groups in total. The molecule has 1 radical (unpaired) electrons. The van der Waals surface area contributed by atoms with Gasteiger partial charge in [-0.2, -0.15) is 0 Å². The molecular weight excluding hydrogens is 599 g/mol. The van der Waals surface area contributed by atoms with E-state index in [1.807, 2.05) is 0 Å². The van der Waals surface area contributed by atoms with Gasteiger partial charge in [0, 0.05) is 73.6 Å². The van der Waals surface area contributed by atoms with Crippen LogP contribution >= 0.6 is 0 Å². The fraction of sp³-hybridized carbons (Fsp3) is 0. The van der Waals surface area contributed by atoms with Crippen LogP contribution in [-0.4, -0.2) is 60.5 Å². The van der Waals surface area contributed by atoms with Crippen LogP contribution in [0.2, 0.25) is 0 Å². The number of nitrogens with zero attached hydrogens (tertiary/aromatic N) is 6. The van der Waals surface area contributed by atoms with Crippen LogP contribution in [0, 0.1) is 0 Å². The van der Waals surface area contributed by atoms with Crippen LogP contribution < -0.4 is 0 Å². The molecule has 0 atom stereocenters. The second-order valence-electron chi connectivity index (χ2n) is 8.40. The topological polar surface area (TPSA) is 199 Å². The third kappa shape index (κ3) is 9.67. The van der Waals surface area contributed by atoms with Gasteiger partial charge in [-0.25, -0.2) is 0 Å². The summed E-state index contributed by atoms with van der Waals surface area (Å²) in [5.41, 5.74) is 3.17. The zero-order chi connectivity index (χ0) is 29.9. The normalized spacial score (nSPS) is 9.77. The molecule has 0 aliphatic rings. The van der Waals surface area contributed by atoms with Crippen molar-refractivity contribution in [3.63, 3.8) is 0 Å². The molecule has 43 heavy (non-hydrogen) atoms. The molecule has 217 valence electrons. The summed E-state index contributed by atoms with van der Waals surface area (Å²) in [6, 6.07) is 17.8. The number of aromatic hydroxyl groups is 6. The van der Waals surface area contributed by atoms with Crippen molar-refractivity contribution >= 4 is 0 Å². The molecule has 0 saturated heterocycles. The van der Waals surface area contributed by atoms with Crippen molar-refractivity contribution in [2.75, 3.05) is 0 Å². The maximum atomic E-state index is 9.21. The first-order valence-corrected chi connectivity index (χ1v) is 12.2. The molecule has 0 bridgehead atoms. The quantitative estimate of drug-likeness (QED) is 0.160. The van der Waals surface area contributed by atoms with Gasteiger partial charge < -0.3 is 30.6 Å². The molecule has 6 heterocycles. The molecule has 0 fully saturated rings. The van der Waals surface area contributed by atoms with Gasteiger partial charge in [0.05, 0.1) is 34.2 Å². The van der Waals surface area contributed by atoms with Crippen LogP contribution in [0.3, 0.4) is 0 Å². The van der Waals surface area contributed by atoms with Crippen molar-refractivity contribution in [1.82, 2.24) is 29.9 Å². The van der Waals surface area contributed by atoms with E-state index in [-0.39, 0.29) is 51.3 Å². The van der Waals surface area contributed by atoms with Crippen LogP contribution in [0.4, 0.5) is 0 Å². The first kappa shape index (κ1) is 31.7. The summed E-state index contributed by atoms with van der Waals surface area (Å²) in [6.45, 7) is 0. The van der Waals surface area contributed by atoms with E-state index in [4.69, 9.17) is 0 Å². The first-order valence-electron chi connectivity index (χ1n) is 12.2. The average Bonchev–Trinajstić information content (AvgIpc) is 2.98. The molecule has 6 rings (SSSR count). The van der Waals surface area contributed by atoms with E-state index in [1.165, 1.54) is 110 Å². The van der Waals surface area contributed by atoms with Crippen LogP contribution in [0.25, 0.3) is 34.2 Å². The molecular formula is C30H24CoN6O6+2. The van der Waals surface area contributed by atoms with Crippen LogP contribution in [-0.2, 0) is 16.8 Å². The number of hydrogen-bond acceptors (Lipinski definition) is 12. The van der Waals surface area contributed by atoms with Gasteiger partial charge in [0.25, 0.3) is 0 Å². The third-order valence-electron chi connectivity index (χ3n) is 5.25. The molecule has 6 aromatic heterocycles. The van der Waals surface area contributed by atoms with E-state index in [1.54, 1.807) is 0 Å². The van der Waals surface area contributed by atoms with Crippen molar-refractivity contribution in [3.8, 4) is 68.7 Å². The van der Waals surface area contributed by atoms with Gasteiger partial charge in [-0.1, -0.05) is 0 Å².